The van der Waals surface area contributed by atoms with Gasteiger partial charge in [-0.25, -0.2) is 0 Å². The summed E-state index contributed by atoms with van der Waals surface area (Å²) >= 11 is 0. The van der Waals surface area contributed by atoms with E-state index in [0.717, 1.165) is 60.8 Å². The minimum atomic E-state index is -4.66. The average Bonchev–Trinajstić information content (AvgIpc) is 2.85. The molecule has 0 aromatic heterocycles. The number of hydrogen-bond acceptors (Lipinski definition) is 4. The zero-order valence-corrected chi connectivity index (χ0v) is 22.2. The number of hydrogen-bond donors (Lipinski definition) is 2. The molecule has 206 valence electrons. The van der Waals surface area contributed by atoms with Gasteiger partial charge in [-0.2, -0.15) is 13.2 Å². The van der Waals surface area contributed by atoms with Crippen LogP contribution in [0, 0.1) is 6.92 Å². The molecule has 0 spiro atoms. The van der Waals surface area contributed by atoms with Crippen molar-refractivity contribution in [3.05, 3.63) is 59.7 Å². The monoisotopic (exact) mass is 551 g/mol. The van der Waals surface area contributed by atoms with E-state index in [1.165, 1.54) is 13.0 Å². The van der Waals surface area contributed by atoms with Crippen LogP contribution in [0.4, 0.5) is 24.5 Å². The van der Waals surface area contributed by atoms with Crippen LogP contribution in [0.15, 0.2) is 48.5 Å². The highest BCUT2D eigenvalue weighted by atomic mass is 32.2. The molecular formula is C27H32F3N3O4S. The van der Waals surface area contributed by atoms with Gasteiger partial charge in [0.2, 0.25) is 17.7 Å². The van der Waals surface area contributed by atoms with Crippen molar-refractivity contribution in [1.82, 2.24) is 5.32 Å². The molecule has 0 bridgehead atoms. The number of amides is 3. The van der Waals surface area contributed by atoms with E-state index < -0.39 is 57.8 Å². The van der Waals surface area contributed by atoms with Gasteiger partial charge in [-0.3, -0.25) is 23.5 Å². The van der Waals surface area contributed by atoms with Crippen molar-refractivity contribution in [2.24, 2.45) is 0 Å². The molecule has 2 aromatic carbocycles. The first kappa shape index (κ1) is 29.3. The van der Waals surface area contributed by atoms with Crippen molar-refractivity contribution in [1.29, 1.82) is 0 Å². The summed E-state index contributed by atoms with van der Waals surface area (Å²) < 4.78 is 52.8. The summed E-state index contributed by atoms with van der Waals surface area (Å²) in [5.74, 6) is -3.03. The highest BCUT2D eigenvalue weighted by Crippen LogP contribution is 2.32. The average molecular weight is 552 g/mol. The molecule has 0 heterocycles. The molecule has 0 unspecified atom stereocenters. The van der Waals surface area contributed by atoms with E-state index >= 15 is 0 Å². The maximum absolute atomic E-state index is 13.4. The van der Waals surface area contributed by atoms with Gasteiger partial charge in [0.15, 0.2) is 0 Å². The van der Waals surface area contributed by atoms with Gasteiger partial charge in [-0.05, 0) is 57.0 Å². The summed E-state index contributed by atoms with van der Waals surface area (Å²) in [6.45, 7) is 3.31. The number of carbonyl (C=O) groups excluding carboxylic acids is 3. The Bertz CT molecular complexity index is 1160. The summed E-state index contributed by atoms with van der Waals surface area (Å²) in [4.78, 5) is 39.6. The van der Waals surface area contributed by atoms with E-state index in [-0.39, 0.29) is 11.7 Å². The SMILES string of the molecule is Cc1ccc(NC(=O)C[S@](=O)CC(=O)N(c2cccc(C(F)(F)F)c2)[C@@H](C)C(=O)NC2CCCCC2)cc1. The summed E-state index contributed by atoms with van der Waals surface area (Å²) in [5, 5.41) is 5.49. The van der Waals surface area contributed by atoms with Gasteiger partial charge >= 0.3 is 6.18 Å². The van der Waals surface area contributed by atoms with Crippen LogP contribution in [0.25, 0.3) is 0 Å². The van der Waals surface area contributed by atoms with Gasteiger partial charge in [0.25, 0.3) is 0 Å². The second-order valence-corrected chi connectivity index (χ2v) is 10.9. The van der Waals surface area contributed by atoms with Crippen LogP contribution in [0.3, 0.4) is 0 Å². The maximum atomic E-state index is 13.4. The quantitative estimate of drug-likeness (QED) is 0.477. The van der Waals surface area contributed by atoms with Crippen molar-refractivity contribution in [2.45, 2.75) is 64.2 Å². The second-order valence-electron chi connectivity index (χ2n) is 9.47. The Labute approximate surface area is 222 Å². The lowest BCUT2D eigenvalue weighted by atomic mass is 9.95. The maximum Gasteiger partial charge on any atom is 0.416 e. The first-order chi connectivity index (χ1) is 17.9. The molecule has 38 heavy (non-hydrogen) atoms. The number of nitrogens with zero attached hydrogens (tertiary/aromatic N) is 1. The molecule has 1 saturated carbocycles. The Balaban J connectivity index is 1.75. The van der Waals surface area contributed by atoms with Crippen molar-refractivity contribution in [2.75, 3.05) is 21.7 Å². The first-order valence-corrected chi connectivity index (χ1v) is 13.9. The van der Waals surface area contributed by atoms with Gasteiger partial charge in [0.1, 0.15) is 17.5 Å². The lowest BCUT2D eigenvalue weighted by Crippen LogP contribution is -2.52. The third-order valence-electron chi connectivity index (χ3n) is 6.35. The number of rotatable bonds is 9. The molecule has 1 fully saturated rings. The lowest BCUT2D eigenvalue weighted by molar-refractivity contribution is -0.137. The Kier molecular flexibility index (Phi) is 10.1. The minimum Gasteiger partial charge on any atom is -0.352 e. The van der Waals surface area contributed by atoms with E-state index in [1.54, 1.807) is 24.3 Å². The highest BCUT2D eigenvalue weighted by molar-refractivity contribution is 7.86. The zero-order chi connectivity index (χ0) is 27.9. The summed E-state index contributed by atoms with van der Waals surface area (Å²) in [6, 6.07) is 9.82. The van der Waals surface area contributed by atoms with Crippen LogP contribution in [0.2, 0.25) is 0 Å². The molecule has 2 atom stereocenters. The van der Waals surface area contributed by atoms with E-state index in [2.05, 4.69) is 10.6 Å². The second kappa shape index (κ2) is 13.0. The van der Waals surface area contributed by atoms with E-state index in [0.29, 0.717) is 5.69 Å². The molecule has 0 saturated heterocycles. The Morgan fingerprint density at radius 1 is 1.03 bits per heavy atom. The molecule has 0 aliphatic heterocycles. The largest absolute Gasteiger partial charge is 0.416 e. The van der Waals surface area contributed by atoms with E-state index in [9.17, 15) is 31.8 Å². The van der Waals surface area contributed by atoms with Crippen LogP contribution >= 0.6 is 0 Å². The lowest BCUT2D eigenvalue weighted by Gasteiger charge is -2.31. The molecule has 1 aliphatic carbocycles. The fourth-order valence-electron chi connectivity index (χ4n) is 4.34. The van der Waals surface area contributed by atoms with Crippen LogP contribution < -0.4 is 15.5 Å². The van der Waals surface area contributed by atoms with Gasteiger partial charge in [-0.1, -0.05) is 43.0 Å². The minimum absolute atomic E-state index is 0.0724. The predicted molar refractivity (Wildman–Crippen MR) is 141 cm³/mol. The number of anilines is 2. The number of halogens is 3. The van der Waals surface area contributed by atoms with Crippen LogP contribution in [-0.4, -0.2) is 45.5 Å². The van der Waals surface area contributed by atoms with Crippen molar-refractivity contribution in [3.63, 3.8) is 0 Å². The van der Waals surface area contributed by atoms with Crippen LogP contribution in [0.1, 0.15) is 50.2 Å². The fraction of sp³-hybridized carbons (Fsp3) is 0.444. The topological polar surface area (TPSA) is 95.6 Å². The predicted octanol–water partition coefficient (Wildman–Crippen LogP) is 4.57. The molecule has 7 nitrogen and oxygen atoms in total. The normalized spacial score (nSPS) is 15.8. The number of nitrogens with one attached hydrogen (secondary N) is 2. The van der Waals surface area contributed by atoms with Crippen molar-refractivity contribution in [3.8, 4) is 0 Å². The molecule has 1 aliphatic rings. The standard InChI is InChI=1S/C27H32F3N3O4S/c1-18-11-13-22(14-12-18)31-24(34)16-38(37)17-25(35)33(23-10-6-7-20(15-23)27(28,29)30)19(2)26(36)32-21-8-4-3-5-9-21/h6-7,10-15,19,21H,3-5,8-9,16-17H2,1-2H3,(H,31,34)(H,32,36)/t19-,38-/m0/s1. The van der Waals surface area contributed by atoms with Crippen LogP contribution in [-0.2, 0) is 31.4 Å². The Morgan fingerprint density at radius 2 is 1.68 bits per heavy atom. The molecule has 0 radical (unpaired) electrons. The van der Waals surface area contributed by atoms with Gasteiger partial charge in [-0.15, -0.1) is 0 Å². The number of alkyl halides is 3. The molecular weight excluding hydrogens is 519 g/mol. The zero-order valence-electron chi connectivity index (χ0n) is 21.3. The summed E-state index contributed by atoms with van der Waals surface area (Å²) in [6.07, 6.45) is -0.0973. The molecule has 2 N–H and O–H groups in total. The Morgan fingerprint density at radius 3 is 2.32 bits per heavy atom. The third-order valence-corrected chi connectivity index (χ3v) is 7.50. The number of aryl methyl sites for hydroxylation is 1. The number of benzene rings is 2. The Hall–Kier alpha value is -3.21. The first-order valence-electron chi connectivity index (χ1n) is 12.4. The molecule has 11 heteroatoms. The number of carbonyl (C=O) groups is 3. The van der Waals surface area contributed by atoms with Crippen molar-refractivity contribution < 1.29 is 31.8 Å². The fourth-order valence-corrected chi connectivity index (χ4v) is 5.22. The van der Waals surface area contributed by atoms with Gasteiger partial charge in [0, 0.05) is 28.2 Å². The van der Waals surface area contributed by atoms with Gasteiger partial charge < -0.3 is 10.6 Å². The molecule has 3 rings (SSSR count). The van der Waals surface area contributed by atoms with Crippen molar-refractivity contribution >= 4 is 39.9 Å². The summed E-state index contributed by atoms with van der Waals surface area (Å²) in [7, 11) is -1.97. The van der Waals surface area contributed by atoms with E-state index in [1.807, 2.05) is 6.92 Å². The van der Waals surface area contributed by atoms with E-state index in [4.69, 9.17) is 0 Å². The summed E-state index contributed by atoms with van der Waals surface area (Å²) in [5.41, 5.74) is 0.375. The van der Waals surface area contributed by atoms with Gasteiger partial charge in [0.05, 0.1) is 5.56 Å². The molecule has 2 aromatic rings. The highest BCUT2D eigenvalue weighted by Gasteiger charge is 2.34. The van der Waals surface area contributed by atoms with Crippen LogP contribution in [0.5, 0.6) is 0 Å². The smallest absolute Gasteiger partial charge is 0.352 e. The third kappa shape index (κ3) is 8.41. The molecule has 3 amide bonds.